The van der Waals surface area contributed by atoms with Crippen molar-refractivity contribution in [1.82, 2.24) is 9.97 Å². The van der Waals surface area contributed by atoms with Crippen LogP contribution >= 0.6 is 15.9 Å². The van der Waals surface area contributed by atoms with Crippen LogP contribution in [0.1, 0.15) is 16.1 Å². The highest BCUT2D eigenvalue weighted by Gasteiger charge is 2.26. The number of para-hydroxylation sites is 2. The highest BCUT2D eigenvalue weighted by molar-refractivity contribution is 9.10. The molecule has 1 aromatic heterocycles. The zero-order valence-electron chi connectivity index (χ0n) is 13.3. The van der Waals surface area contributed by atoms with E-state index in [1.807, 2.05) is 42.5 Å². The number of hydrogen-bond acceptors (Lipinski definition) is 4. The van der Waals surface area contributed by atoms with E-state index in [0.717, 1.165) is 22.3 Å². The maximum atomic E-state index is 12.7. The first-order chi connectivity index (χ1) is 12.2. The van der Waals surface area contributed by atoms with E-state index in [2.05, 4.69) is 37.3 Å². The second-order valence-corrected chi connectivity index (χ2v) is 6.58. The van der Waals surface area contributed by atoms with Crippen molar-refractivity contribution in [3.8, 4) is 0 Å². The fourth-order valence-electron chi connectivity index (χ4n) is 2.89. The molecular weight excluding hydrogens is 380 g/mol. The number of rotatable bonds is 3. The molecule has 124 valence electrons. The van der Waals surface area contributed by atoms with E-state index in [1.54, 1.807) is 11.1 Å². The fourth-order valence-corrected chi connectivity index (χ4v) is 3.27. The number of fused-ring (bicyclic) bond motifs is 1. The lowest BCUT2D eigenvalue weighted by atomic mass is 10.2. The Labute approximate surface area is 153 Å². The highest BCUT2D eigenvalue weighted by Crippen LogP contribution is 2.29. The van der Waals surface area contributed by atoms with Crippen LogP contribution < -0.4 is 10.2 Å². The fraction of sp³-hybridized carbons (Fsp3) is 0.105. The van der Waals surface area contributed by atoms with E-state index in [4.69, 9.17) is 0 Å². The number of hydrogen-bond donors (Lipinski definition) is 1. The number of anilines is 3. The zero-order chi connectivity index (χ0) is 17.2. The molecule has 1 N–H and O–H groups in total. The topological polar surface area (TPSA) is 58.1 Å². The molecule has 5 nitrogen and oxygen atoms in total. The van der Waals surface area contributed by atoms with Crippen LogP contribution in [0.4, 0.5) is 17.2 Å². The molecule has 1 aliphatic rings. The number of nitrogens with one attached hydrogen (secondary N) is 1. The quantitative estimate of drug-likeness (QED) is 0.723. The van der Waals surface area contributed by atoms with E-state index in [1.165, 1.54) is 11.8 Å². The summed E-state index contributed by atoms with van der Waals surface area (Å²) in [5, 5.41) is 3.18. The molecular formula is C19H15BrN4O. The molecule has 25 heavy (non-hydrogen) atoms. The molecule has 0 fully saturated rings. The van der Waals surface area contributed by atoms with E-state index >= 15 is 0 Å². The number of carbonyl (C=O) groups is 1. The summed E-state index contributed by atoms with van der Waals surface area (Å²) in [5.41, 5.74) is 3.39. The summed E-state index contributed by atoms with van der Waals surface area (Å²) >= 11 is 3.48. The third kappa shape index (κ3) is 3.13. The maximum absolute atomic E-state index is 12.7. The minimum absolute atomic E-state index is 0.120. The van der Waals surface area contributed by atoms with E-state index < -0.39 is 0 Å². The predicted molar refractivity (Wildman–Crippen MR) is 101 cm³/mol. The molecule has 0 aliphatic carbocycles. The van der Waals surface area contributed by atoms with Gasteiger partial charge in [-0.25, -0.2) is 9.97 Å². The second-order valence-electron chi connectivity index (χ2n) is 5.73. The van der Waals surface area contributed by atoms with Crippen LogP contribution in [0.25, 0.3) is 0 Å². The van der Waals surface area contributed by atoms with Gasteiger partial charge in [-0.15, -0.1) is 0 Å². The zero-order valence-corrected chi connectivity index (χ0v) is 14.9. The molecule has 1 aliphatic heterocycles. The molecule has 0 unspecified atom stereocenters. The van der Waals surface area contributed by atoms with Gasteiger partial charge in [-0.1, -0.05) is 30.3 Å². The summed E-state index contributed by atoms with van der Waals surface area (Å²) in [6, 6.07) is 15.7. The van der Waals surface area contributed by atoms with E-state index in [9.17, 15) is 4.79 Å². The van der Waals surface area contributed by atoms with Crippen LogP contribution in [0.5, 0.6) is 0 Å². The summed E-state index contributed by atoms with van der Waals surface area (Å²) in [4.78, 5) is 23.1. The van der Waals surface area contributed by atoms with Crippen LogP contribution in [0.15, 0.2) is 65.4 Å². The lowest BCUT2D eigenvalue weighted by molar-refractivity contribution is 0.0984. The molecule has 0 saturated carbocycles. The highest BCUT2D eigenvalue weighted by atomic mass is 79.9. The monoisotopic (exact) mass is 394 g/mol. The molecule has 1 amide bonds. The Morgan fingerprint density at radius 1 is 1.04 bits per heavy atom. The van der Waals surface area contributed by atoms with Crippen LogP contribution in [-0.4, -0.2) is 22.4 Å². The molecule has 0 radical (unpaired) electrons. The number of nitrogens with zero attached hydrogens (tertiary/aromatic N) is 3. The molecule has 2 heterocycles. The van der Waals surface area contributed by atoms with Gasteiger partial charge in [-0.2, -0.15) is 0 Å². The lowest BCUT2D eigenvalue weighted by Crippen LogP contribution is -2.29. The average molecular weight is 395 g/mol. The van der Waals surface area contributed by atoms with Gasteiger partial charge in [-0.05, 0) is 46.1 Å². The van der Waals surface area contributed by atoms with Gasteiger partial charge >= 0.3 is 0 Å². The van der Waals surface area contributed by atoms with Crippen molar-refractivity contribution in [3.63, 3.8) is 0 Å². The van der Waals surface area contributed by atoms with Crippen molar-refractivity contribution in [2.75, 3.05) is 16.8 Å². The van der Waals surface area contributed by atoms with Crippen molar-refractivity contribution < 1.29 is 4.79 Å². The van der Waals surface area contributed by atoms with Gasteiger partial charge in [0.1, 0.15) is 11.5 Å². The molecule has 0 spiro atoms. The first-order valence-corrected chi connectivity index (χ1v) is 8.75. The van der Waals surface area contributed by atoms with Gasteiger partial charge in [0.25, 0.3) is 5.91 Å². The normalized spacial score (nSPS) is 12.8. The Hall–Kier alpha value is -2.73. The van der Waals surface area contributed by atoms with Gasteiger partial charge in [0, 0.05) is 16.7 Å². The molecule has 0 bridgehead atoms. The van der Waals surface area contributed by atoms with E-state index in [-0.39, 0.29) is 5.91 Å². The van der Waals surface area contributed by atoms with Crippen LogP contribution in [-0.2, 0) is 6.42 Å². The number of aromatic nitrogens is 2. The smallest absolute Gasteiger partial charge is 0.278 e. The standard InChI is InChI=1S/C19H15BrN4O/c20-14-6-2-3-7-15(14)23-18-12-21-16(11-22-18)19(25)24-10-9-13-5-1-4-8-17(13)24/h1-8,11-12H,9-10H2,(H,22,23). The van der Waals surface area contributed by atoms with Crippen molar-refractivity contribution in [2.45, 2.75) is 6.42 Å². The van der Waals surface area contributed by atoms with Gasteiger partial charge in [-0.3, -0.25) is 4.79 Å². The Bertz CT molecular complexity index is 927. The van der Waals surface area contributed by atoms with Crippen LogP contribution in [0, 0.1) is 0 Å². The molecule has 6 heteroatoms. The largest absolute Gasteiger partial charge is 0.338 e. The van der Waals surface area contributed by atoms with Crippen molar-refractivity contribution in [1.29, 1.82) is 0 Å². The first-order valence-electron chi connectivity index (χ1n) is 7.96. The number of amides is 1. The molecule has 2 aromatic carbocycles. The SMILES string of the molecule is O=C(c1cnc(Nc2ccccc2Br)cn1)N1CCc2ccccc21. The summed E-state index contributed by atoms with van der Waals surface area (Å²) < 4.78 is 0.936. The molecule has 4 rings (SSSR count). The summed E-state index contributed by atoms with van der Waals surface area (Å²) in [6.45, 7) is 0.677. The number of carbonyl (C=O) groups excluding carboxylic acids is 1. The minimum Gasteiger partial charge on any atom is -0.338 e. The lowest BCUT2D eigenvalue weighted by Gasteiger charge is -2.16. The second kappa shape index (κ2) is 6.64. The van der Waals surface area contributed by atoms with Crippen LogP contribution in [0.3, 0.4) is 0 Å². The Morgan fingerprint density at radius 3 is 2.64 bits per heavy atom. The van der Waals surface area contributed by atoms with Crippen molar-refractivity contribution in [2.24, 2.45) is 0 Å². The third-order valence-corrected chi connectivity index (χ3v) is 4.83. The first kappa shape index (κ1) is 15.8. The van der Waals surface area contributed by atoms with Crippen molar-refractivity contribution in [3.05, 3.63) is 76.7 Å². The molecule has 0 saturated heterocycles. The minimum atomic E-state index is -0.120. The number of halogens is 1. The summed E-state index contributed by atoms with van der Waals surface area (Å²) in [5.74, 6) is 0.468. The van der Waals surface area contributed by atoms with E-state index in [0.29, 0.717) is 18.1 Å². The Balaban J connectivity index is 1.53. The van der Waals surface area contributed by atoms with Gasteiger partial charge in [0.05, 0.1) is 18.1 Å². The third-order valence-electron chi connectivity index (χ3n) is 4.14. The van der Waals surface area contributed by atoms with Crippen LogP contribution in [0.2, 0.25) is 0 Å². The van der Waals surface area contributed by atoms with Gasteiger partial charge < -0.3 is 10.2 Å². The summed E-state index contributed by atoms with van der Waals surface area (Å²) in [7, 11) is 0. The predicted octanol–water partition coefficient (Wildman–Crippen LogP) is 4.19. The maximum Gasteiger partial charge on any atom is 0.278 e. The van der Waals surface area contributed by atoms with Gasteiger partial charge in [0.2, 0.25) is 0 Å². The number of benzene rings is 2. The molecule has 3 aromatic rings. The Morgan fingerprint density at radius 2 is 1.84 bits per heavy atom. The Kier molecular flexibility index (Phi) is 4.19. The molecule has 0 atom stereocenters. The summed E-state index contributed by atoms with van der Waals surface area (Å²) in [6.07, 6.45) is 3.97. The van der Waals surface area contributed by atoms with Crippen molar-refractivity contribution >= 4 is 39.0 Å². The van der Waals surface area contributed by atoms with Gasteiger partial charge in [0.15, 0.2) is 0 Å². The average Bonchev–Trinajstić information content (AvgIpc) is 3.08.